The van der Waals surface area contributed by atoms with Crippen LogP contribution in [-0.2, 0) is 0 Å². The zero-order valence-electron chi connectivity index (χ0n) is 10.0. The maximum atomic E-state index is 13.3. The van der Waals surface area contributed by atoms with Crippen molar-refractivity contribution in [2.24, 2.45) is 0 Å². The minimum Gasteiger partial charge on any atom is -0.371 e. The fourth-order valence-electron chi connectivity index (χ4n) is 1.29. The molecule has 0 unspecified atom stereocenters. The molecule has 0 aliphatic carbocycles. The lowest BCUT2D eigenvalue weighted by Gasteiger charge is -2.09. The van der Waals surface area contributed by atoms with Gasteiger partial charge in [0, 0.05) is 19.7 Å². The van der Waals surface area contributed by atoms with Gasteiger partial charge in [-0.3, -0.25) is 0 Å². The van der Waals surface area contributed by atoms with Crippen LogP contribution in [0.15, 0.2) is 6.07 Å². The Morgan fingerprint density at radius 1 is 1.29 bits per heavy atom. The highest BCUT2D eigenvalue weighted by atomic mass is 32.2. The van der Waals surface area contributed by atoms with Gasteiger partial charge in [0.25, 0.3) is 0 Å². The Kier molecular flexibility index (Phi) is 6.04. The molecule has 2 N–H and O–H groups in total. The maximum absolute atomic E-state index is 13.3. The van der Waals surface area contributed by atoms with E-state index in [-0.39, 0.29) is 11.6 Å². The largest absolute Gasteiger partial charge is 0.371 e. The molecular formula is C11H17F2N3S. The van der Waals surface area contributed by atoms with E-state index < -0.39 is 11.6 Å². The molecule has 96 valence electrons. The van der Waals surface area contributed by atoms with Gasteiger partial charge in [-0.25, -0.2) is 13.8 Å². The van der Waals surface area contributed by atoms with E-state index in [1.807, 2.05) is 11.8 Å². The van der Waals surface area contributed by atoms with Crippen molar-refractivity contribution >= 4 is 23.4 Å². The van der Waals surface area contributed by atoms with Gasteiger partial charge in [-0.05, 0) is 17.9 Å². The Balaban J connectivity index is 2.52. The third-order valence-corrected chi connectivity index (χ3v) is 3.11. The molecule has 0 radical (unpaired) electrons. The van der Waals surface area contributed by atoms with E-state index >= 15 is 0 Å². The van der Waals surface area contributed by atoms with E-state index in [0.717, 1.165) is 24.0 Å². The summed E-state index contributed by atoms with van der Waals surface area (Å²) in [7, 11) is 1.55. The van der Waals surface area contributed by atoms with E-state index in [9.17, 15) is 8.78 Å². The van der Waals surface area contributed by atoms with Crippen molar-refractivity contribution in [3.63, 3.8) is 0 Å². The van der Waals surface area contributed by atoms with Gasteiger partial charge in [0.2, 0.25) is 0 Å². The van der Waals surface area contributed by atoms with Crippen molar-refractivity contribution in [3.8, 4) is 0 Å². The van der Waals surface area contributed by atoms with Crippen molar-refractivity contribution in [1.82, 2.24) is 4.98 Å². The molecule has 6 heteroatoms. The van der Waals surface area contributed by atoms with Gasteiger partial charge >= 0.3 is 0 Å². The highest BCUT2D eigenvalue weighted by Crippen LogP contribution is 2.18. The minimum atomic E-state index is -0.683. The molecule has 1 rings (SSSR count). The second-order valence-corrected chi connectivity index (χ2v) is 4.77. The standard InChI is InChI=1S/C11H17F2N3S/c1-3-17-6-4-5-15-11-9(13)7-8(12)10(14-2)16-11/h7H,3-6H2,1-2H3,(H2,14,15,16). The number of aromatic nitrogens is 1. The number of hydrogen-bond donors (Lipinski definition) is 2. The van der Waals surface area contributed by atoms with Crippen LogP contribution in [0.2, 0.25) is 0 Å². The number of hydrogen-bond acceptors (Lipinski definition) is 4. The molecule has 1 aromatic rings. The van der Waals surface area contributed by atoms with Crippen LogP contribution in [0.25, 0.3) is 0 Å². The first kappa shape index (κ1) is 14.0. The lowest BCUT2D eigenvalue weighted by Crippen LogP contribution is -2.09. The fourth-order valence-corrected chi connectivity index (χ4v) is 1.93. The third kappa shape index (κ3) is 4.38. The molecular weight excluding hydrogens is 244 g/mol. The normalized spacial score (nSPS) is 10.4. The van der Waals surface area contributed by atoms with E-state index in [0.29, 0.717) is 6.54 Å². The summed E-state index contributed by atoms with van der Waals surface area (Å²) in [5.74, 6) is 0.897. The first-order valence-corrected chi connectivity index (χ1v) is 6.70. The van der Waals surface area contributed by atoms with E-state index in [1.54, 1.807) is 7.05 Å². The van der Waals surface area contributed by atoms with Crippen LogP contribution in [0.5, 0.6) is 0 Å². The Hall–Kier alpha value is -1.04. The molecule has 0 spiro atoms. The first-order valence-electron chi connectivity index (χ1n) is 5.54. The second kappa shape index (κ2) is 7.32. The predicted molar refractivity (Wildman–Crippen MR) is 69.8 cm³/mol. The highest BCUT2D eigenvalue weighted by Gasteiger charge is 2.10. The van der Waals surface area contributed by atoms with Crippen molar-refractivity contribution in [1.29, 1.82) is 0 Å². The topological polar surface area (TPSA) is 37.0 Å². The molecule has 0 bridgehead atoms. The molecule has 0 saturated carbocycles. The summed E-state index contributed by atoms with van der Waals surface area (Å²) < 4.78 is 26.5. The zero-order chi connectivity index (χ0) is 12.7. The summed E-state index contributed by atoms with van der Waals surface area (Å²) >= 11 is 1.83. The van der Waals surface area contributed by atoms with Crippen LogP contribution in [0.3, 0.4) is 0 Å². The molecule has 0 saturated heterocycles. The van der Waals surface area contributed by atoms with Gasteiger partial charge in [-0.15, -0.1) is 0 Å². The van der Waals surface area contributed by atoms with Crippen molar-refractivity contribution in [3.05, 3.63) is 17.7 Å². The second-order valence-electron chi connectivity index (χ2n) is 3.38. The van der Waals surface area contributed by atoms with Crippen LogP contribution >= 0.6 is 11.8 Å². The number of halogens is 2. The van der Waals surface area contributed by atoms with Gasteiger partial charge in [0.05, 0.1) is 0 Å². The molecule has 17 heavy (non-hydrogen) atoms. The van der Waals surface area contributed by atoms with Gasteiger partial charge < -0.3 is 10.6 Å². The molecule has 0 atom stereocenters. The molecule has 0 aliphatic rings. The lowest BCUT2D eigenvalue weighted by atomic mass is 10.4. The Morgan fingerprint density at radius 2 is 2.00 bits per heavy atom. The summed E-state index contributed by atoms with van der Waals surface area (Å²) in [4.78, 5) is 3.83. The molecule has 1 aromatic heterocycles. The zero-order valence-corrected chi connectivity index (χ0v) is 10.8. The Bertz CT molecular complexity index is 361. The van der Waals surface area contributed by atoms with E-state index in [2.05, 4.69) is 22.5 Å². The van der Waals surface area contributed by atoms with E-state index in [1.165, 1.54) is 0 Å². The smallest absolute Gasteiger partial charge is 0.168 e. The van der Waals surface area contributed by atoms with Gasteiger partial charge in [0.1, 0.15) is 0 Å². The van der Waals surface area contributed by atoms with Crippen LogP contribution < -0.4 is 10.6 Å². The predicted octanol–water partition coefficient (Wildman–Crippen LogP) is 2.96. The summed E-state index contributed by atoms with van der Waals surface area (Å²) in [5, 5.41) is 5.44. The van der Waals surface area contributed by atoms with Crippen molar-refractivity contribution in [2.45, 2.75) is 13.3 Å². The average molecular weight is 261 g/mol. The maximum Gasteiger partial charge on any atom is 0.168 e. The van der Waals surface area contributed by atoms with Crippen LogP contribution in [0, 0.1) is 11.6 Å². The van der Waals surface area contributed by atoms with Crippen LogP contribution in [-0.4, -0.2) is 30.1 Å². The average Bonchev–Trinajstić information content (AvgIpc) is 2.31. The number of rotatable bonds is 7. The minimum absolute atomic E-state index is 0.0526. The highest BCUT2D eigenvalue weighted by molar-refractivity contribution is 7.99. The first-order chi connectivity index (χ1) is 8.19. The monoisotopic (exact) mass is 261 g/mol. The number of thioether (sulfide) groups is 1. The number of anilines is 2. The van der Waals surface area contributed by atoms with Gasteiger partial charge in [0.15, 0.2) is 23.3 Å². The van der Waals surface area contributed by atoms with E-state index in [4.69, 9.17) is 0 Å². The SMILES string of the molecule is CCSCCCNc1nc(NC)c(F)cc1F. The van der Waals surface area contributed by atoms with Gasteiger partial charge in [-0.1, -0.05) is 6.92 Å². The van der Waals surface area contributed by atoms with Crippen LogP contribution in [0.1, 0.15) is 13.3 Å². The summed E-state index contributed by atoms with van der Waals surface area (Å²) in [5.41, 5.74) is 0. The molecule has 0 aliphatic heterocycles. The molecule has 0 fully saturated rings. The number of nitrogens with zero attached hydrogens (tertiary/aromatic N) is 1. The molecule has 0 aromatic carbocycles. The lowest BCUT2D eigenvalue weighted by molar-refractivity contribution is 0.578. The third-order valence-electron chi connectivity index (χ3n) is 2.13. The number of pyridine rings is 1. The summed E-state index contributed by atoms with van der Waals surface area (Å²) in [6, 6.07) is 0.835. The number of nitrogens with one attached hydrogen (secondary N) is 2. The van der Waals surface area contributed by atoms with Crippen molar-refractivity contribution in [2.75, 3.05) is 35.7 Å². The quantitative estimate of drug-likeness (QED) is 0.740. The summed E-state index contributed by atoms with van der Waals surface area (Å²) in [6.07, 6.45) is 0.923. The summed E-state index contributed by atoms with van der Waals surface area (Å²) in [6.45, 7) is 2.73. The molecule has 1 heterocycles. The Morgan fingerprint density at radius 3 is 2.65 bits per heavy atom. The molecule has 0 amide bonds. The van der Waals surface area contributed by atoms with Crippen LogP contribution in [0.4, 0.5) is 20.4 Å². The fraction of sp³-hybridized carbons (Fsp3) is 0.545. The van der Waals surface area contributed by atoms with Gasteiger partial charge in [-0.2, -0.15) is 11.8 Å². The van der Waals surface area contributed by atoms with Crippen molar-refractivity contribution < 1.29 is 8.78 Å². The molecule has 3 nitrogen and oxygen atoms in total. The Labute approximate surface area is 104 Å².